The lowest BCUT2D eigenvalue weighted by molar-refractivity contribution is 0.0682. The lowest BCUT2D eigenvalue weighted by Gasteiger charge is -2.45. The maximum absolute atomic E-state index is 9.29. The molecule has 4 aromatic heterocycles. The van der Waals surface area contributed by atoms with Crippen molar-refractivity contribution in [1.82, 2.24) is 34.6 Å². The second-order valence-corrected chi connectivity index (χ2v) is 7.82. The van der Waals surface area contributed by atoms with Crippen LogP contribution in [0, 0.1) is 24.2 Å². The van der Waals surface area contributed by atoms with E-state index in [0.29, 0.717) is 12.3 Å². The van der Waals surface area contributed by atoms with Gasteiger partial charge in [0.25, 0.3) is 0 Å². The molecule has 0 bridgehead atoms. The average molecular weight is 372 g/mol. The molecule has 0 saturated heterocycles. The summed E-state index contributed by atoms with van der Waals surface area (Å²) in [5, 5.41) is 25.6. The Kier molecular flexibility index (Phi) is 3.59. The molecule has 140 valence electrons. The Morgan fingerprint density at radius 1 is 1.29 bits per heavy atom. The van der Waals surface area contributed by atoms with Crippen LogP contribution in [0.4, 0.5) is 0 Å². The van der Waals surface area contributed by atoms with Crippen molar-refractivity contribution in [3.05, 3.63) is 42.6 Å². The zero-order valence-corrected chi connectivity index (χ0v) is 15.8. The minimum atomic E-state index is -0.195. The molecule has 1 N–H and O–H groups in total. The molecule has 5 rings (SSSR count). The van der Waals surface area contributed by atoms with Gasteiger partial charge in [0.2, 0.25) is 0 Å². The van der Waals surface area contributed by atoms with Gasteiger partial charge in [-0.05, 0) is 37.8 Å². The summed E-state index contributed by atoms with van der Waals surface area (Å²) in [6.45, 7) is 4.18. The minimum Gasteiger partial charge on any atom is -0.282 e. The van der Waals surface area contributed by atoms with Crippen molar-refractivity contribution in [2.24, 2.45) is 5.92 Å². The van der Waals surface area contributed by atoms with Crippen LogP contribution in [0.25, 0.3) is 28.2 Å². The second-order valence-electron chi connectivity index (χ2n) is 7.82. The highest BCUT2D eigenvalue weighted by atomic mass is 15.3. The summed E-state index contributed by atoms with van der Waals surface area (Å²) >= 11 is 0. The van der Waals surface area contributed by atoms with E-state index in [2.05, 4.69) is 33.4 Å². The largest absolute Gasteiger partial charge is 0.282 e. The summed E-state index contributed by atoms with van der Waals surface area (Å²) in [6, 6.07) is 6.24. The Balaban J connectivity index is 1.61. The molecule has 0 radical (unpaired) electrons. The first kappa shape index (κ1) is 16.7. The quantitative estimate of drug-likeness (QED) is 0.592. The molecule has 0 amide bonds. The maximum atomic E-state index is 9.29. The zero-order valence-electron chi connectivity index (χ0n) is 15.8. The van der Waals surface area contributed by atoms with Crippen LogP contribution < -0.4 is 0 Å². The first-order valence-electron chi connectivity index (χ1n) is 9.37. The number of aromatic amines is 1. The van der Waals surface area contributed by atoms with Crippen LogP contribution in [0.15, 0.2) is 36.9 Å². The number of hydrogen-bond donors (Lipinski definition) is 1. The summed E-state index contributed by atoms with van der Waals surface area (Å²) in [4.78, 5) is 4.87. The van der Waals surface area contributed by atoms with Gasteiger partial charge in [-0.2, -0.15) is 20.6 Å². The summed E-state index contributed by atoms with van der Waals surface area (Å²) in [5.74, 6) is 0.617. The first-order chi connectivity index (χ1) is 13.6. The van der Waals surface area contributed by atoms with E-state index in [9.17, 15) is 5.26 Å². The molecule has 0 aliphatic heterocycles. The number of nitrogens with one attached hydrogen (secondary N) is 1. The van der Waals surface area contributed by atoms with Gasteiger partial charge in [0.05, 0.1) is 47.8 Å². The highest BCUT2D eigenvalue weighted by Crippen LogP contribution is 2.46. The molecule has 1 saturated carbocycles. The van der Waals surface area contributed by atoms with E-state index < -0.39 is 0 Å². The van der Waals surface area contributed by atoms with Crippen molar-refractivity contribution in [3.63, 3.8) is 0 Å². The number of hydrogen-bond acceptors (Lipinski definition) is 5. The fourth-order valence-electron chi connectivity index (χ4n) is 4.31. The molecule has 1 aliphatic rings. The van der Waals surface area contributed by atoms with Crippen LogP contribution in [0.5, 0.6) is 0 Å². The number of H-pyrrole nitrogens is 1. The second kappa shape index (κ2) is 6.02. The number of nitriles is 1. The molecule has 0 atom stereocenters. The van der Waals surface area contributed by atoms with Crippen molar-refractivity contribution < 1.29 is 0 Å². The van der Waals surface area contributed by atoms with E-state index in [1.165, 1.54) is 0 Å². The fourth-order valence-corrected chi connectivity index (χ4v) is 4.31. The molecule has 0 unspecified atom stereocenters. The molecule has 1 fully saturated rings. The lowest BCUT2D eigenvalue weighted by Crippen LogP contribution is -2.45. The van der Waals surface area contributed by atoms with Crippen molar-refractivity contribution in [2.45, 2.75) is 38.6 Å². The standard InChI is InChI=1S/C20H20N8/c1-13-8-20(9-13,4-5-21)28-11-15(10-23-28)19-18-3-6-22-27(18)12-17(24-19)16-7-14(2)25-26-16/h3,6-7,10-13H,4,8-9H2,1-2H3,(H,25,26). The Bertz CT molecular complexity index is 1200. The van der Waals surface area contributed by atoms with Gasteiger partial charge >= 0.3 is 0 Å². The third kappa shape index (κ3) is 2.51. The third-order valence-corrected chi connectivity index (χ3v) is 5.57. The molecular formula is C20H20N8. The number of fused-ring (bicyclic) bond motifs is 1. The molecule has 8 heteroatoms. The predicted octanol–water partition coefficient (Wildman–Crippen LogP) is 3.33. The lowest BCUT2D eigenvalue weighted by atomic mass is 9.67. The highest BCUT2D eigenvalue weighted by Gasteiger charge is 2.44. The van der Waals surface area contributed by atoms with Crippen molar-refractivity contribution in [3.8, 4) is 28.7 Å². The average Bonchev–Trinajstić information content (AvgIpc) is 3.39. The smallest absolute Gasteiger partial charge is 0.112 e. The molecule has 4 aromatic rings. The SMILES string of the molecule is Cc1cc(-c2cn3nccc3c(-c3cnn(C4(CC#N)CC(C)C4)c3)n2)n[nH]1. The minimum absolute atomic E-state index is 0.195. The van der Waals surface area contributed by atoms with Crippen LogP contribution in [0.1, 0.15) is 31.9 Å². The van der Waals surface area contributed by atoms with Crippen molar-refractivity contribution in [2.75, 3.05) is 0 Å². The van der Waals surface area contributed by atoms with E-state index >= 15 is 0 Å². The molecule has 0 spiro atoms. The third-order valence-electron chi connectivity index (χ3n) is 5.57. The van der Waals surface area contributed by atoms with Crippen molar-refractivity contribution in [1.29, 1.82) is 5.26 Å². The zero-order chi connectivity index (χ0) is 19.3. The number of aryl methyl sites for hydroxylation is 1. The van der Waals surface area contributed by atoms with Crippen LogP contribution >= 0.6 is 0 Å². The van der Waals surface area contributed by atoms with Gasteiger partial charge in [-0.3, -0.25) is 9.78 Å². The van der Waals surface area contributed by atoms with Gasteiger partial charge in [-0.15, -0.1) is 0 Å². The van der Waals surface area contributed by atoms with Crippen molar-refractivity contribution >= 4 is 5.52 Å². The fraction of sp³-hybridized carbons (Fsp3) is 0.350. The van der Waals surface area contributed by atoms with E-state index in [4.69, 9.17) is 4.98 Å². The van der Waals surface area contributed by atoms with Gasteiger partial charge < -0.3 is 0 Å². The van der Waals surface area contributed by atoms with Crippen LogP contribution in [-0.4, -0.2) is 34.6 Å². The van der Waals surface area contributed by atoms with Crippen LogP contribution in [0.2, 0.25) is 0 Å². The van der Waals surface area contributed by atoms with Gasteiger partial charge in [0, 0.05) is 17.5 Å². The summed E-state index contributed by atoms with van der Waals surface area (Å²) in [7, 11) is 0. The number of nitrogens with zero attached hydrogens (tertiary/aromatic N) is 7. The van der Waals surface area contributed by atoms with Crippen LogP contribution in [-0.2, 0) is 5.54 Å². The Morgan fingerprint density at radius 3 is 2.86 bits per heavy atom. The number of aromatic nitrogens is 7. The molecule has 28 heavy (non-hydrogen) atoms. The topological polar surface area (TPSA) is 100 Å². The Morgan fingerprint density at radius 2 is 2.14 bits per heavy atom. The van der Waals surface area contributed by atoms with E-state index in [0.717, 1.165) is 46.7 Å². The van der Waals surface area contributed by atoms with Gasteiger partial charge in [0.15, 0.2) is 0 Å². The Hall–Kier alpha value is -3.47. The van der Waals surface area contributed by atoms with Gasteiger partial charge in [-0.25, -0.2) is 9.50 Å². The summed E-state index contributed by atoms with van der Waals surface area (Å²) in [5.41, 5.74) is 4.93. The Labute approximate surface area is 161 Å². The van der Waals surface area contributed by atoms with E-state index in [1.807, 2.05) is 46.8 Å². The van der Waals surface area contributed by atoms with E-state index in [-0.39, 0.29) is 5.54 Å². The van der Waals surface area contributed by atoms with E-state index in [1.54, 1.807) is 6.20 Å². The molecule has 4 heterocycles. The number of rotatable bonds is 4. The molecule has 8 nitrogen and oxygen atoms in total. The monoisotopic (exact) mass is 372 g/mol. The van der Waals surface area contributed by atoms with Gasteiger partial charge in [0.1, 0.15) is 11.4 Å². The normalized spacial score (nSPS) is 21.5. The highest BCUT2D eigenvalue weighted by molar-refractivity contribution is 5.77. The van der Waals surface area contributed by atoms with Crippen LogP contribution in [0.3, 0.4) is 0 Å². The summed E-state index contributed by atoms with van der Waals surface area (Å²) in [6.07, 6.45) is 9.91. The van der Waals surface area contributed by atoms with Gasteiger partial charge in [-0.1, -0.05) is 6.92 Å². The first-order valence-corrected chi connectivity index (χ1v) is 9.37. The molecule has 1 aliphatic carbocycles. The maximum Gasteiger partial charge on any atom is 0.112 e. The molecular weight excluding hydrogens is 352 g/mol. The predicted molar refractivity (Wildman–Crippen MR) is 103 cm³/mol. The molecule has 0 aromatic carbocycles. The summed E-state index contributed by atoms with van der Waals surface area (Å²) < 4.78 is 3.78.